The second kappa shape index (κ2) is 4.83. The van der Waals surface area contributed by atoms with Gasteiger partial charge in [0.2, 0.25) is 5.28 Å². The molecule has 0 fully saturated rings. The van der Waals surface area contributed by atoms with Crippen LogP contribution in [0.4, 0.5) is 17.2 Å². The molecule has 0 bridgehead atoms. The number of para-hydroxylation sites is 2. The molecule has 7 heteroatoms. The van der Waals surface area contributed by atoms with Crippen LogP contribution in [0, 0.1) is 0 Å². The number of nitrogens with zero attached hydrogens (tertiary/aromatic N) is 5. The molecule has 0 saturated carbocycles. The summed E-state index contributed by atoms with van der Waals surface area (Å²) in [6.45, 7) is 1.64. The van der Waals surface area contributed by atoms with Crippen molar-refractivity contribution in [2.75, 3.05) is 29.9 Å². The number of rotatable bonds is 1. The number of likely N-dealkylation sites (N-methyl/N-ethyl adjacent to an activating group) is 1. The van der Waals surface area contributed by atoms with Crippen LogP contribution in [0.5, 0.6) is 0 Å². The summed E-state index contributed by atoms with van der Waals surface area (Å²) in [6.07, 6.45) is 0. The van der Waals surface area contributed by atoms with E-state index in [2.05, 4.69) is 33.2 Å². The van der Waals surface area contributed by atoms with Gasteiger partial charge in [0.15, 0.2) is 11.0 Å². The summed E-state index contributed by atoms with van der Waals surface area (Å²) in [5.41, 5.74) is 2.16. The molecular weight excluding hydrogens is 285 g/mol. The molecule has 3 rings (SSSR count). The van der Waals surface area contributed by atoms with Gasteiger partial charge < -0.3 is 9.80 Å². The number of fused-ring (bicyclic) bond motifs is 1. The van der Waals surface area contributed by atoms with Crippen LogP contribution in [-0.2, 0) is 0 Å². The Labute approximate surface area is 120 Å². The first kappa shape index (κ1) is 12.4. The number of halogens is 2. The van der Waals surface area contributed by atoms with Crippen molar-refractivity contribution < 1.29 is 0 Å². The number of hydrogen-bond donors (Lipinski definition) is 0. The molecule has 1 aromatic heterocycles. The average Bonchev–Trinajstić information content (AvgIpc) is 2.43. The molecule has 5 nitrogen and oxygen atoms in total. The Bertz CT molecular complexity index is 619. The van der Waals surface area contributed by atoms with Crippen molar-refractivity contribution in [2.45, 2.75) is 0 Å². The molecule has 0 unspecified atom stereocenters. The van der Waals surface area contributed by atoms with E-state index in [1.165, 1.54) is 0 Å². The van der Waals surface area contributed by atoms with Gasteiger partial charge in [0.25, 0.3) is 0 Å². The van der Waals surface area contributed by atoms with Crippen LogP contribution in [0.1, 0.15) is 0 Å². The SMILES string of the molecule is CN1CCN(c2nc(Cl)nnc2Cl)c2ccccc21. The molecule has 1 aromatic carbocycles. The molecule has 98 valence electrons. The molecule has 1 aliphatic rings. The molecule has 0 atom stereocenters. The fourth-order valence-corrected chi connectivity index (χ4v) is 2.48. The summed E-state index contributed by atoms with van der Waals surface area (Å²) >= 11 is 11.9. The van der Waals surface area contributed by atoms with Gasteiger partial charge in [0.1, 0.15) is 0 Å². The summed E-state index contributed by atoms with van der Waals surface area (Å²) in [6, 6.07) is 8.07. The zero-order chi connectivity index (χ0) is 13.4. The van der Waals surface area contributed by atoms with Gasteiger partial charge in [-0.25, -0.2) is 0 Å². The molecule has 0 N–H and O–H groups in total. The molecule has 0 spiro atoms. The van der Waals surface area contributed by atoms with Gasteiger partial charge in [-0.3, -0.25) is 0 Å². The van der Waals surface area contributed by atoms with Crippen LogP contribution >= 0.6 is 23.2 Å². The molecule has 0 aliphatic carbocycles. The largest absolute Gasteiger partial charge is 0.371 e. The maximum atomic E-state index is 6.08. The minimum Gasteiger partial charge on any atom is -0.371 e. The summed E-state index contributed by atoms with van der Waals surface area (Å²) in [5, 5.41) is 7.80. The average molecular weight is 296 g/mol. The summed E-state index contributed by atoms with van der Waals surface area (Å²) < 4.78 is 0. The Kier molecular flexibility index (Phi) is 3.16. The lowest BCUT2D eigenvalue weighted by Crippen LogP contribution is -2.37. The lowest BCUT2D eigenvalue weighted by atomic mass is 10.2. The number of aromatic nitrogens is 3. The number of benzene rings is 1. The molecule has 0 radical (unpaired) electrons. The maximum absolute atomic E-state index is 6.08. The minimum atomic E-state index is 0.0933. The van der Waals surface area contributed by atoms with Crippen molar-refractivity contribution in [1.29, 1.82) is 0 Å². The number of anilines is 3. The predicted molar refractivity (Wildman–Crippen MR) is 76.6 cm³/mol. The highest BCUT2D eigenvalue weighted by atomic mass is 35.5. The third-order valence-electron chi connectivity index (χ3n) is 3.10. The number of hydrogen-bond acceptors (Lipinski definition) is 5. The van der Waals surface area contributed by atoms with E-state index in [1.807, 2.05) is 23.1 Å². The maximum Gasteiger partial charge on any atom is 0.245 e. The Morgan fingerprint density at radius 3 is 2.58 bits per heavy atom. The lowest BCUT2D eigenvalue weighted by Gasteiger charge is -2.36. The van der Waals surface area contributed by atoms with Crippen molar-refractivity contribution in [1.82, 2.24) is 15.2 Å². The van der Waals surface area contributed by atoms with Gasteiger partial charge in [-0.05, 0) is 23.7 Å². The van der Waals surface area contributed by atoms with E-state index in [1.54, 1.807) is 0 Å². The molecular formula is C12H11Cl2N5. The van der Waals surface area contributed by atoms with Crippen molar-refractivity contribution in [2.24, 2.45) is 0 Å². The first-order valence-electron chi connectivity index (χ1n) is 5.80. The van der Waals surface area contributed by atoms with Gasteiger partial charge in [0, 0.05) is 20.1 Å². The van der Waals surface area contributed by atoms with Gasteiger partial charge >= 0.3 is 0 Å². The van der Waals surface area contributed by atoms with Crippen molar-refractivity contribution in [3.63, 3.8) is 0 Å². The van der Waals surface area contributed by atoms with Gasteiger partial charge in [-0.15, -0.1) is 10.2 Å². The highest BCUT2D eigenvalue weighted by Crippen LogP contribution is 2.37. The monoisotopic (exact) mass is 295 g/mol. The van der Waals surface area contributed by atoms with Crippen LogP contribution in [-0.4, -0.2) is 35.3 Å². The van der Waals surface area contributed by atoms with Gasteiger partial charge in [0.05, 0.1) is 11.4 Å². The van der Waals surface area contributed by atoms with Crippen molar-refractivity contribution >= 4 is 40.4 Å². The first-order valence-corrected chi connectivity index (χ1v) is 6.56. The van der Waals surface area contributed by atoms with Crippen LogP contribution < -0.4 is 9.80 Å². The smallest absolute Gasteiger partial charge is 0.245 e. The van der Waals surface area contributed by atoms with E-state index in [-0.39, 0.29) is 10.4 Å². The fourth-order valence-electron chi connectivity index (χ4n) is 2.18. The zero-order valence-corrected chi connectivity index (χ0v) is 11.7. The topological polar surface area (TPSA) is 45.2 Å². The summed E-state index contributed by atoms with van der Waals surface area (Å²) in [7, 11) is 2.06. The van der Waals surface area contributed by atoms with E-state index >= 15 is 0 Å². The predicted octanol–water partition coefficient (Wildman–Crippen LogP) is 2.77. The Morgan fingerprint density at radius 1 is 1.05 bits per heavy atom. The normalized spacial score (nSPS) is 14.5. The Hall–Kier alpha value is -1.59. The standard InChI is InChI=1S/C12H11Cl2N5/c1-18-6-7-19(9-5-3-2-4-8(9)18)11-10(13)16-17-12(14)15-11/h2-5H,6-7H2,1H3. The molecule has 0 amide bonds. The lowest BCUT2D eigenvalue weighted by molar-refractivity contribution is 0.804. The Balaban J connectivity index is 2.12. The van der Waals surface area contributed by atoms with E-state index in [0.29, 0.717) is 5.82 Å². The van der Waals surface area contributed by atoms with Crippen molar-refractivity contribution in [3.05, 3.63) is 34.7 Å². The summed E-state index contributed by atoms with van der Waals surface area (Å²) in [5.74, 6) is 0.544. The third kappa shape index (κ3) is 2.19. The zero-order valence-electron chi connectivity index (χ0n) is 10.2. The molecule has 19 heavy (non-hydrogen) atoms. The molecule has 2 heterocycles. The van der Waals surface area contributed by atoms with Crippen LogP contribution in [0.2, 0.25) is 10.4 Å². The highest BCUT2D eigenvalue weighted by molar-refractivity contribution is 6.32. The first-order chi connectivity index (χ1) is 9.16. The van der Waals surface area contributed by atoms with E-state index in [0.717, 1.165) is 24.5 Å². The quantitative estimate of drug-likeness (QED) is 0.809. The third-order valence-corrected chi connectivity index (χ3v) is 3.51. The van der Waals surface area contributed by atoms with Gasteiger partial charge in [-0.1, -0.05) is 23.7 Å². The van der Waals surface area contributed by atoms with E-state index in [9.17, 15) is 0 Å². The highest BCUT2D eigenvalue weighted by Gasteiger charge is 2.24. The fraction of sp³-hybridized carbons (Fsp3) is 0.250. The van der Waals surface area contributed by atoms with Crippen LogP contribution in [0.3, 0.4) is 0 Å². The second-order valence-corrected chi connectivity index (χ2v) is 4.95. The minimum absolute atomic E-state index is 0.0933. The Morgan fingerprint density at radius 2 is 1.79 bits per heavy atom. The van der Waals surface area contributed by atoms with E-state index in [4.69, 9.17) is 23.2 Å². The van der Waals surface area contributed by atoms with Crippen LogP contribution in [0.15, 0.2) is 24.3 Å². The van der Waals surface area contributed by atoms with E-state index < -0.39 is 0 Å². The summed E-state index contributed by atoms with van der Waals surface area (Å²) in [4.78, 5) is 8.39. The van der Waals surface area contributed by atoms with Gasteiger partial charge in [-0.2, -0.15) is 4.98 Å². The second-order valence-electron chi connectivity index (χ2n) is 4.26. The van der Waals surface area contributed by atoms with Crippen molar-refractivity contribution in [3.8, 4) is 0 Å². The molecule has 0 saturated heterocycles. The molecule has 1 aliphatic heterocycles. The van der Waals surface area contributed by atoms with Crippen LogP contribution in [0.25, 0.3) is 0 Å². The molecule has 2 aromatic rings.